The highest BCUT2D eigenvalue weighted by Gasteiger charge is 2.34. The van der Waals surface area contributed by atoms with Crippen LogP contribution in [0.2, 0.25) is 0 Å². The van der Waals surface area contributed by atoms with Crippen molar-refractivity contribution in [3.8, 4) is 0 Å². The van der Waals surface area contributed by atoms with Gasteiger partial charge in [-0.1, -0.05) is 0 Å². The minimum atomic E-state index is -0.333. The molecule has 0 aliphatic carbocycles. The summed E-state index contributed by atoms with van der Waals surface area (Å²) < 4.78 is 5.81. The first-order valence-corrected chi connectivity index (χ1v) is 6.94. The Kier molecular flexibility index (Phi) is 4.23. The fraction of sp³-hybridized carbons (Fsp3) is 0.643. The predicted octanol–water partition coefficient (Wildman–Crippen LogP) is 1.55. The molecular weight excluding hydrogens is 256 g/mol. The number of hydrogen-bond donors (Lipinski definition) is 1. The van der Waals surface area contributed by atoms with Crippen LogP contribution in [0.15, 0.2) is 12.4 Å². The fourth-order valence-electron chi connectivity index (χ4n) is 2.51. The lowest BCUT2D eigenvalue weighted by Gasteiger charge is -2.41. The van der Waals surface area contributed by atoms with Gasteiger partial charge in [0.2, 0.25) is 0 Å². The molecule has 1 aromatic rings. The monoisotopic (exact) mass is 278 g/mol. The Balaban J connectivity index is 2.16. The maximum atomic E-state index is 12.5. The highest BCUT2D eigenvalue weighted by molar-refractivity contribution is 5.92. The quantitative estimate of drug-likeness (QED) is 0.908. The number of hydrogen-bond acceptors (Lipinski definition) is 5. The molecule has 0 bridgehead atoms. The number of nitrogens with zero attached hydrogens (tertiary/aromatic N) is 3. The van der Waals surface area contributed by atoms with Gasteiger partial charge in [-0.2, -0.15) is 0 Å². The van der Waals surface area contributed by atoms with Crippen molar-refractivity contribution in [1.82, 2.24) is 14.9 Å². The Labute approximate surface area is 119 Å². The molecule has 1 N–H and O–H groups in total. The zero-order valence-electron chi connectivity index (χ0n) is 12.5. The zero-order valence-corrected chi connectivity index (χ0v) is 12.5. The van der Waals surface area contributed by atoms with Crippen molar-refractivity contribution in [1.29, 1.82) is 0 Å². The van der Waals surface area contributed by atoms with Crippen molar-refractivity contribution in [2.45, 2.75) is 39.4 Å². The molecule has 1 unspecified atom stereocenters. The predicted molar refractivity (Wildman–Crippen MR) is 76.7 cm³/mol. The molecule has 2 heterocycles. The van der Waals surface area contributed by atoms with E-state index in [-0.39, 0.29) is 17.6 Å². The number of anilines is 1. The molecule has 1 saturated heterocycles. The third kappa shape index (κ3) is 3.45. The molecule has 1 atom stereocenters. The number of rotatable bonds is 3. The van der Waals surface area contributed by atoms with Crippen molar-refractivity contribution in [2.75, 3.05) is 25.0 Å². The average molecular weight is 278 g/mol. The number of carbonyl (C=O) groups excluding carboxylic acids is 1. The molecule has 1 aromatic heterocycles. The molecule has 1 amide bonds. The van der Waals surface area contributed by atoms with Gasteiger partial charge >= 0.3 is 0 Å². The maximum absolute atomic E-state index is 12.5. The molecule has 1 aliphatic rings. The molecule has 0 aromatic carbocycles. The van der Waals surface area contributed by atoms with E-state index < -0.39 is 0 Å². The largest absolute Gasteiger partial charge is 0.369 e. The number of nitrogens with one attached hydrogen (secondary N) is 1. The first-order valence-electron chi connectivity index (χ1n) is 6.94. The molecule has 2 rings (SSSR count). The number of morpholine rings is 1. The van der Waals surface area contributed by atoms with E-state index in [4.69, 9.17) is 4.74 Å². The zero-order chi connectivity index (χ0) is 14.8. The number of amides is 1. The highest BCUT2D eigenvalue weighted by atomic mass is 16.5. The van der Waals surface area contributed by atoms with Gasteiger partial charge in [0.25, 0.3) is 5.91 Å². The smallest absolute Gasteiger partial charge is 0.274 e. The van der Waals surface area contributed by atoms with E-state index in [1.807, 2.05) is 27.7 Å². The molecule has 110 valence electrons. The van der Waals surface area contributed by atoms with Crippen LogP contribution in [-0.4, -0.2) is 52.1 Å². The maximum Gasteiger partial charge on any atom is 0.274 e. The number of carbonyl (C=O) groups is 1. The van der Waals surface area contributed by atoms with Gasteiger partial charge in [-0.25, -0.2) is 4.98 Å². The van der Waals surface area contributed by atoms with E-state index in [2.05, 4.69) is 15.3 Å². The van der Waals surface area contributed by atoms with Gasteiger partial charge in [-0.15, -0.1) is 0 Å². The standard InChI is InChI=1S/C14H22N4O2/c1-5-16-12-7-15-6-11(17-12)13(19)18-8-10(2)20-14(3,4)9-18/h6-7,10H,5,8-9H2,1-4H3,(H,16,17). The second-order valence-corrected chi connectivity index (χ2v) is 5.69. The van der Waals surface area contributed by atoms with Crippen LogP contribution < -0.4 is 5.32 Å². The first kappa shape index (κ1) is 14.7. The summed E-state index contributed by atoms with van der Waals surface area (Å²) in [5.74, 6) is 0.527. The van der Waals surface area contributed by atoms with Gasteiger partial charge in [0, 0.05) is 19.6 Å². The molecule has 0 spiro atoms. The van der Waals surface area contributed by atoms with E-state index in [1.165, 1.54) is 6.20 Å². The molecule has 1 aliphatic heterocycles. The highest BCUT2D eigenvalue weighted by Crippen LogP contribution is 2.22. The van der Waals surface area contributed by atoms with Crippen molar-refractivity contribution in [3.05, 3.63) is 18.1 Å². The third-order valence-corrected chi connectivity index (χ3v) is 3.07. The van der Waals surface area contributed by atoms with Gasteiger partial charge in [0.05, 0.1) is 24.1 Å². The molecule has 0 radical (unpaired) electrons. The summed E-state index contributed by atoms with van der Waals surface area (Å²) in [7, 11) is 0. The minimum absolute atomic E-state index is 0.0209. The van der Waals surface area contributed by atoms with Crippen LogP contribution in [0.3, 0.4) is 0 Å². The van der Waals surface area contributed by atoms with Gasteiger partial charge in [0.1, 0.15) is 11.5 Å². The Bertz CT molecular complexity index is 490. The fourth-order valence-corrected chi connectivity index (χ4v) is 2.51. The van der Waals surface area contributed by atoms with Crippen LogP contribution in [0.25, 0.3) is 0 Å². The van der Waals surface area contributed by atoms with Crippen LogP contribution in [0.5, 0.6) is 0 Å². The minimum Gasteiger partial charge on any atom is -0.369 e. The van der Waals surface area contributed by atoms with Crippen LogP contribution in [0.1, 0.15) is 38.2 Å². The summed E-state index contributed by atoms with van der Waals surface area (Å²) in [6.45, 7) is 9.81. The van der Waals surface area contributed by atoms with E-state index in [9.17, 15) is 4.79 Å². The summed E-state index contributed by atoms with van der Waals surface area (Å²) in [4.78, 5) is 22.7. The van der Waals surface area contributed by atoms with Crippen LogP contribution >= 0.6 is 0 Å². The van der Waals surface area contributed by atoms with Gasteiger partial charge in [0.15, 0.2) is 0 Å². The Morgan fingerprint density at radius 1 is 1.55 bits per heavy atom. The van der Waals surface area contributed by atoms with E-state index in [0.717, 1.165) is 6.54 Å². The van der Waals surface area contributed by atoms with Crippen LogP contribution in [0, 0.1) is 0 Å². The summed E-state index contributed by atoms with van der Waals surface area (Å²) in [6, 6.07) is 0. The van der Waals surface area contributed by atoms with Gasteiger partial charge in [-0.3, -0.25) is 9.78 Å². The molecule has 6 heteroatoms. The topological polar surface area (TPSA) is 67.4 Å². The van der Waals surface area contributed by atoms with E-state index in [0.29, 0.717) is 24.6 Å². The summed E-state index contributed by atoms with van der Waals surface area (Å²) in [5.41, 5.74) is 0.0355. The Hall–Kier alpha value is -1.69. The molecule has 20 heavy (non-hydrogen) atoms. The second-order valence-electron chi connectivity index (χ2n) is 5.69. The SMILES string of the molecule is CCNc1cncc(C(=O)N2CC(C)OC(C)(C)C2)n1. The third-order valence-electron chi connectivity index (χ3n) is 3.07. The molecule has 0 saturated carbocycles. The van der Waals surface area contributed by atoms with Gasteiger partial charge in [-0.05, 0) is 27.7 Å². The van der Waals surface area contributed by atoms with Crippen LogP contribution in [0.4, 0.5) is 5.82 Å². The lowest BCUT2D eigenvalue weighted by molar-refractivity contribution is -0.118. The van der Waals surface area contributed by atoms with Crippen LogP contribution in [-0.2, 0) is 4.74 Å². The second kappa shape index (κ2) is 5.75. The van der Waals surface area contributed by atoms with Crippen molar-refractivity contribution in [2.24, 2.45) is 0 Å². The van der Waals surface area contributed by atoms with E-state index >= 15 is 0 Å². The first-order chi connectivity index (χ1) is 9.41. The Morgan fingerprint density at radius 3 is 2.95 bits per heavy atom. The van der Waals surface area contributed by atoms with Gasteiger partial charge < -0.3 is 15.0 Å². The average Bonchev–Trinajstić information content (AvgIpc) is 2.36. The molecule has 6 nitrogen and oxygen atoms in total. The Morgan fingerprint density at radius 2 is 2.30 bits per heavy atom. The number of aromatic nitrogens is 2. The lowest BCUT2D eigenvalue weighted by atomic mass is 10.1. The van der Waals surface area contributed by atoms with Crippen molar-refractivity contribution < 1.29 is 9.53 Å². The molecular formula is C14H22N4O2. The normalized spacial score (nSPS) is 21.6. The van der Waals surface area contributed by atoms with Crippen molar-refractivity contribution >= 4 is 11.7 Å². The van der Waals surface area contributed by atoms with Crippen molar-refractivity contribution in [3.63, 3.8) is 0 Å². The summed E-state index contributed by atoms with van der Waals surface area (Å²) in [6.07, 6.45) is 3.15. The summed E-state index contributed by atoms with van der Waals surface area (Å²) in [5, 5.41) is 3.06. The molecule has 1 fully saturated rings. The van der Waals surface area contributed by atoms with E-state index in [1.54, 1.807) is 11.1 Å². The number of ether oxygens (including phenoxy) is 1. The lowest BCUT2D eigenvalue weighted by Crippen LogP contribution is -2.53. The summed E-state index contributed by atoms with van der Waals surface area (Å²) >= 11 is 0.